The van der Waals surface area contributed by atoms with E-state index in [0.29, 0.717) is 13.1 Å². The average Bonchev–Trinajstić information content (AvgIpc) is 2.99. The summed E-state index contributed by atoms with van der Waals surface area (Å²) in [6.07, 6.45) is 0. The molecular weight excluding hydrogens is 265 g/mol. The maximum Gasteiger partial charge on any atom is 0.134 e. The van der Waals surface area contributed by atoms with Crippen molar-refractivity contribution in [2.24, 2.45) is 0 Å². The maximum absolute atomic E-state index is 12.8. The fourth-order valence-electron chi connectivity index (χ4n) is 2.16. The van der Waals surface area contributed by atoms with Gasteiger partial charge in [-0.1, -0.05) is 42.5 Å². The number of rotatable bonds is 5. The molecule has 0 saturated carbocycles. The van der Waals surface area contributed by atoms with Crippen LogP contribution in [0, 0.1) is 5.82 Å². The SMILES string of the molecule is Fc1ccc(CNCc2ccc(-c3ccccc3)o2)cc1. The van der Waals surface area contributed by atoms with E-state index in [0.717, 1.165) is 22.6 Å². The van der Waals surface area contributed by atoms with Crippen molar-refractivity contribution < 1.29 is 8.81 Å². The quantitative estimate of drug-likeness (QED) is 0.751. The predicted molar refractivity (Wildman–Crippen MR) is 81.1 cm³/mol. The second-order valence-electron chi connectivity index (χ2n) is 4.86. The predicted octanol–water partition coefficient (Wildman–Crippen LogP) is 4.38. The summed E-state index contributed by atoms with van der Waals surface area (Å²) in [7, 11) is 0. The van der Waals surface area contributed by atoms with Crippen molar-refractivity contribution >= 4 is 0 Å². The third-order valence-corrected chi connectivity index (χ3v) is 3.26. The van der Waals surface area contributed by atoms with Gasteiger partial charge in [-0.15, -0.1) is 0 Å². The standard InChI is InChI=1S/C18H16FNO/c19-16-8-6-14(7-9-16)12-20-13-17-10-11-18(21-17)15-4-2-1-3-5-15/h1-11,20H,12-13H2. The molecule has 0 amide bonds. The Morgan fingerprint density at radius 2 is 1.57 bits per heavy atom. The van der Waals surface area contributed by atoms with Crippen molar-refractivity contribution in [2.45, 2.75) is 13.1 Å². The lowest BCUT2D eigenvalue weighted by molar-refractivity contribution is 0.493. The second-order valence-corrected chi connectivity index (χ2v) is 4.86. The van der Waals surface area contributed by atoms with Crippen LogP contribution in [0.15, 0.2) is 71.1 Å². The molecule has 21 heavy (non-hydrogen) atoms. The van der Waals surface area contributed by atoms with Crippen molar-refractivity contribution in [3.8, 4) is 11.3 Å². The third-order valence-electron chi connectivity index (χ3n) is 3.26. The Labute approximate surface area is 123 Å². The molecule has 0 bridgehead atoms. The van der Waals surface area contributed by atoms with Crippen molar-refractivity contribution in [3.63, 3.8) is 0 Å². The normalized spacial score (nSPS) is 10.7. The molecule has 1 heterocycles. The van der Waals surface area contributed by atoms with Gasteiger partial charge in [0, 0.05) is 12.1 Å². The van der Waals surface area contributed by atoms with E-state index in [1.165, 1.54) is 12.1 Å². The molecule has 0 spiro atoms. The Kier molecular flexibility index (Phi) is 4.12. The summed E-state index contributed by atoms with van der Waals surface area (Å²) in [5.74, 6) is 1.54. The summed E-state index contributed by atoms with van der Waals surface area (Å²) in [6, 6.07) is 20.5. The first-order valence-electron chi connectivity index (χ1n) is 6.90. The van der Waals surface area contributed by atoms with Crippen molar-refractivity contribution in [1.29, 1.82) is 0 Å². The number of furan rings is 1. The molecule has 0 aliphatic rings. The first kappa shape index (κ1) is 13.6. The molecule has 106 valence electrons. The Bertz CT molecular complexity index is 689. The van der Waals surface area contributed by atoms with E-state index >= 15 is 0 Å². The molecule has 0 aliphatic carbocycles. The molecule has 0 radical (unpaired) electrons. The van der Waals surface area contributed by atoms with Crippen LogP contribution in [0.2, 0.25) is 0 Å². The highest BCUT2D eigenvalue weighted by atomic mass is 19.1. The highest BCUT2D eigenvalue weighted by molar-refractivity contribution is 5.57. The van der Waals surface area contributed by atoms with Gasteiger partial charge in [0.2, 0.25) is 0 Å². The van der Waals surface area contributed by atoms with Crippen LogP contribution in [-0.2, 0) is 13.1 Å². The lowest BCUT2D eigenvalue weighted by atomic mass is 10.2. The van der Waals surface area contributed by atoms with Crippen LogP contribution in [0.3, 0.4) is 0 Å². The maximum atomic E-state index is 12.8. The van der Waals surface area contributed by atoms with E-state index in [9.17, 15) is 4.39 Å². The molecule has 2 aromatic carbocycles. The van der Waals surface area contributed by atoms with Gasteiger partial charge in [0.15, 0.2) is 0 Å². The molecule has 2 nitrogen and oxygen atoms in total. The fourth-order valence-corrected chi connectivity index (χ4v) is 2.16. The smallest absolute Gasteiger partial charge is 0.134 e. The minimum absolute atomic E-state index is 0.211. The third kappa shape index (κ3) is 3.58. The zero-order valence-electron chi connectivity index (χ0n) is 11.6. The van der Waals surface area contributed by atoms with E-state index in [-0.39, 0.29) is 5.82 Å². The highest BCUT2D eigenvalue weighted by Crippen LogP contribution is 2.21. The van der Waals surface area contributed by atoms with Gasteiger partial charge < -0.3 is 9.73 Å². The van der Waals surface area contributed by atoms with E-state index in [2.05, 4.69) is 5.32 Å². The van der Waals surface area contributed by atoms with E-state index in [4.69, 9.17) is 4.42 Å². The molecular formula is C18H16FNO. The Balaban J connectivity index is 1.57. The Morgan fingerprint density at radius 1 is 0.810 bits per heavy atom. The van der Waals surface area contributed by atoms with Crippen molar-refractivity contribution in [3.05, 3.63) is 83.9 Å². The molecule has 0 saturated heterocycles. The van der Waals surface area contributed by atoms with Crippen LogP contribution >= 0.6 is 0 Å². The first-order valence-corrected chi connectivity index (χ1v) is 6.90. The molecule has 3 aromatic rings. The van der Waals surface area contributed by atoms with Gasteiger partial charge >= 0.3 is 0 Å². The molecule has 0 atom stereocenters. The summed E-state index contributed by atoms with van der Waals surface area (Å²) >= 11 is 0. The molecule has 0 unspecified atom stereocenters. The minimum Gasteiger partial charge on any atom is -0.460 e. The zero-order valence-corrected chi connectivity index (χ0v) is 11.6. The van der Waals surface area contributed by atoms with E-state index in [1.54, 1.807) is 12.1 Å². The number of hydrogen-bond donors (Lipinski definition) is 1. The Hall–Kier alpha value is -2.39. The molecule has 0 fully saturated rings. The van der Waals surface area contributed by atoms with Gasteiger partial charge in [-0.3, -0.25) is 0 Å². The number of nitrogens with one attached hydrogen (secondary N) is 1. The van der Waals surface area contributed by atoms with Crippen LogP contribution in [0.25, 0.3) is 11.3 Å². The van der Waals surface area contributed by atoms with Crippen LogP contribution in [0.4, 0.5) is 4.39 Å². The average molecular weight is 281 g/mol. The second kappa shape index (κ2) is 6.37. The lowest BCUT2D eigenvalue weighted by Crippen LogP contribution is -2.11. The van der Waals surface area contributed by atoms with Gasteiger partial charge in [-0.25, -0.2) is 4.39 Å². The first-order chi connectivity index (χ1) is 10.3. The van der Waals surface area contributed by atoms with Crippen LogP contribution in [0.5, 0.6) is 0 Å². The van der Waals surface area contributed by atoms with Crippen LogP contribution in [-0.4, -0.2) is 0 Å². The topological polar surface area (TPSA) is 25.2 Å². The highest BCUT2D eigenvalue weighted by Gasteiger charge is 2.04. The van der Waals surface area contributed by atoms with Crippen LogP contribution < -0.4 is 5.32 Å². The van der Waals surface area contributed by atoms with Crippen molar-refractivity contribution in [2.75, 3.05) is 0 Å². The largest absolute Gasteiger partial charge is 0.460 e. The number of benzene rings is 2. The van der Waals surface area contributed by atoms with E-state index in [1.807, 2.05) is 42.5 Å². The fraction of sp³-hybridized carbons (Fsp3) is 0.111. The molecule has 1 aromatic heterocycles. The summed E-state index contributed by atoms with van der Waals surface area (Å²) in [6.45, 7) is 1.33. The summed E-state index contributed by atoms with van der Waals surface area (Å²) in [5, 5.41) is 3.29. The summed E-state index contributed by atoms with van der Waals surface area (Å²) in [5.41, 5.74) is 2.12. The number of halogens is 1. The number of hydrogen-bond acceptors (Lipinski definition) is 2. The van der Waals surface area contributed by atoms with E-state index < -0.39 is 0 Å². The molecule has 0 aliphatic heterocycles. The van der Waals surface area contributed by atoms with Crippen molar-refractivity contribution in [1.82, 2.24) is 5.32 Å². The van der Waals surface area contributed by atoms with Gasteiger partial charge in [0.1, 0.15) is 17.3 Å². The van der Waals surface area contributed by atoms with Gasteiger partial charge in [-0.05, 0) is 29.8 Å². The summed E-state index contributed by atoms with van der Waals surface area (Å²) in [4.78, 5) is 0. The van der Waals surface area contributed by atoms with Gasteiger partial charge in [-0.2, -0.15) is 0 Å². The Morgan fingerprint density at radius 3 is 2.33 bits per heavy atom. The zero-order chi connectivity index (χ0) is 14.5. The lowest BCUT2D eigenvalue weighted by Gasteiger charge is -2.03. The molecule has 1 N–H and O–H groups in total. The summed E-state index contributed by atoms with van der Waals surface area (Å²) < 4.78 is 18.6. The van der Waals surface area contributed by atoms with Gasteiger partial charge in [0.05, 0.1) is 6.54 Å². The van der Waals surface area contributed by atoms with Gasteiger partial charge in [0.25, 0.3) is 0 Å². The molecule has 3 heteroatoms. The monoisotopic (exact) mass is 281 g/mol. The minimum atomic E-state index is -0.211. The van der Waals surface area contributed by atoms with Crippen LogP contribution in [0.1, 0.15) is 11.3 Å². The molecule has 3 rings (SSSR count).